The van der Waals surface area contributed by atoms with E-state index in [1.807, 2.05) is 29.9 Å². The summed E-state index contributed by atoms with van der Waals surface area (Å²) in [5.74, 6) is 0.855. The third kappa shape index (κ3) is 2.70. The van der Waals surface area contributed by atoms with Gasteiger partial charge in [-0.2, -0.15) is 5.10 Å². The SMILES string of the molecule is CCc1nn(-c2cccc(OC)c2)c(CC)c1CNC. The molecule has 108 valence electrons. The van der Waals surface area contributed by atoms with Crippen molar-refractivity contribution < 1.29 is 4.74 Å². The zero-order valence-corrected chi connectivity index (χ0v) is 12.7. The van der Waals surface area contributed by atoms with Crippen LogP contribution in [0.5, 0.6) is 5.75 Å². The van der Waals surface area contributed by atoms with Gasteiger partial charge in [-0.05, 0) is 32.0 Å². The van der Waals surface area contributed by atoms with Crippen molar-refractivity contribution in [2.75, 3.05) is 14.2 Å². The van der Waals surface area contributed by atoms with Crippen LogP contribution in [0.1, 0.15) is 30.8 Å². The summed E-state index contributed by atoms with van der Waals surface area (Å²) in [6.45, 7) is 5.18. The highest BCUT2D eigenvalue weighted by Crippen LogP contribution is 2.22. The summed E-state index contributed by atoms with van der Waals surface area (Å²) in [7, 11) is 3.66. The maximum Gasteiger partial charge on any atom is 0.121 e. The van der Waals surface area contributed by atoms with Crippen molar-refractivity contribution in [2.45, 2.75) is 33.2 Å². The molecule has 0 unspecified atom stereocenters. The number of nitrogens with zero attached hydrogens (tertiary/aromatic N) is 2. The molecular formula is C16H23N3O. The molecule has 0 aliphatic heterocycles. The normalized spacial score (nSPS) is 10.8. The van der Waals surface area contributed by atoms with Gasteiger partial charge in [0.25, 0.3) is 0 Å². The molecule has 0 fully saturated rings. The molecule has 0 saturated carbocycles. The maximum absolute atomic E-state index is 5.31. The van der Waals surface area contributed by atoms with Gasteiger partial charge in [0.05, 0.1) is 18.5 Å². The molecule has 1 heterocycles. The summed E-state index contributed by atoms with van der Waals surface area (Å²) in [5.41, 5.74) is 4.81. The van der Waals surface area contributed by atoms with Crippen LogP contribution in [-0.2, 0) is 19.4 Å². The second kappa shape index (κ2) is 6.57. The summed E-state index contributed by atoms with van der Waals surface area (Å²) < 4.78 is 7.36. The number of methoxy groups -OCH3 is 1. The number of aromatic nitrogens is 2. The quantitative estimate of drug-likeness (QED) is 0.879. The van der Waals surface area contributed by atoms with E-state index in [1.54, 1.807) is 7.11 Å². The lowest BCUT2D eigenvalue weighted by Crippen LogP contribution is -2.09. The molecule has 1 N–H and O–H groups in total. The Hall–Kier alpha value is -1.81. The number of ether oxygens (including phenoxy) is 1. The lowest BCUT2D eigenvalue weighted by Gasteiger charge is -2.09. The van der Waals surface area contributed by atoms with E-state index in [-0.39, 0.29) is 0 Å². The first kappa shape index (κ1) is 14.6. The van der Waals surface area contributed by atoms with Crippen molar-refractivity contribution in [3.63, 3.8) is 0 Å². The second-order valence-corrected chi connectivity index (χ2v) is 4.72. The predicted molar refractivity (Wildman–Crippen MR) is 81.6 cm³/mol. The van der Waals surface area contributed by atoms with Crippen LogP contribution < -0.4 is 10.1 Å². The third-order valence-electron chi connectivity index (χ3n) is 3.49. The van der Waals surface area contributed by atoms with Gasteiger partial charge in [0, 0.05) is 23.9 Å². The topological polar surface area (TPSA) is 39.1 Å². The molecule has 0 saturated heterocycles. The minimum absolute atomic E-state index is 0.855. The monoisotopic (exact) mass is 273 g/mol. The Labute approximate surface area is 120 Å². The van der Waals surface area contributed by atoms with Gasteiger partial charge in [-0.1, -0.05) is 19.9 Å². The summed E-state index contributed by atoms with van der Waals surface area (Å²) in [6, 6.07) is 8.04. The van der Waals surface area contributed by atoms with Crippen molar-refractivity contribution in [2.24, 2.45) is 0 Å². The summed E-state index contributed by atoms with van der Waals surface area (Å²) in [4.78, 5) is 0. The Balaban J connectivity index is 2.54. The van der Waals surface area contributed by atoms with Crippen LogP contribution in [0.25, 0.3) is 5.69 Å². The zero-order valence-electron chi connectivity index (χ0n) is 12.7. The van der Waals surface area contributed by atoms with Crippen LogP contribution >= 0.6 is 0 Å². The first-order valence-corrected chi connectivity index (χ1v) is 7.13. The number of hydrogen-bond acceptors (Lipinski definition) is 3. The average molecular weight is 273 g/mol. The molecule has 1 aromatic carbocycles. The van der Waals surface area contributed by atoms with E-state index < -0.39 is 0 Å². The third-order valence-corrected chi connectivity index (χ3v) is 3.49. The number of hydrogen-bond donors (Lipinski definition) is 1. The molecule has 0 amide bonds. The first-order valence-electron chi connectivity index (χ1n) is 7.13. The number of nitrogens with one attached hydrogen (secondary N) is 1. The Morgan fingerprint density at radius 2 is 2.05 bits per heavy atom. The number of benzene rings is 1. The van der Waals surface area contributed by atoms with Crippen molar-refractivity contribution in [3.8, 4) is 11.4 Å². The van der Waals surface area contributed by atoms with Gasteiger partial charge in [0.1, 0.15) is 5.75 Å². The van der Waals surface area contributed by atoms with E-state index in [0.29, 0.717) is 0 Å². The fourth-order valence-electron chi connectivity index (χ4n) is 2.52. The van der Waals surface area contributed by atoms with Gasteiger partial charge in [0.2, 0.25) is 0 Å². The van der Waals surface area contributed by atoms with Gasteiger partial charge in [-0.15, -0.1) is 0 Å². The highest BCUT2D eigenvalue weighted by molar-refractivity contribution is 5.42. The van der Waals surface area contributed by atoms with E-state index in [0.717, 1.165) is 30.8 Å². The van der Waals surface area contributed by atoms with Gasteiger partial charge in [0.15, 0.2) is 0 Å². The van der Waals surface area contributed by atoms with Crippen LogP contribution in [0.4, 0.5) is 0 Å². The number of rotatable bonds is 6. The number of aryl methyl sites for hydroxylation is 1. The molecule has 0 spiro atoms. The molecule has 20 heavy (non-hydrogen) atoms. The van der Waals surface area contributed by atoms with Crippen LogP contribution in [0.15, 0.2) is 24.3 Å². The Kier molecular flexibility index (Phi) is 4.79. The largest absolute Gasteiger partial charge is 0.497 e. The van der Waals surface area contributed by atoms with Crippen molar-refractivity contribution in [3.05, 3.63) is 41.2 Å². The fraction of sp³-hybridized carbons (Fsp3) is 0.438. The molecule has 2 aromatic rings. The van der Waals surface area contributed by atoms with Gasteiger partial charge < -0.3 is 10.1 Å². The average Bonchev–Trinajstić information content (AvgIpc) is 2.85. The first-order chi connectivity index (χ1) is 9.74. The molecule has 0 radical (unpaired) electrons. The van der Waals surface area contributed by atoms with E-state index in [2.05, 4.69) is 25.2 Å². The van der Waals surface area contributed by atoms with Crippen LogP contribution in [0.2, 0.25) is 0 Å². The maximum atomic E-state index is 5.31. The minimum Gasteiger partial charge on any atom is -0.497 e. The van der Waals surface area contributed by atoms with E-state index >= 15 is 0 Å². The van der Waals surface area contributed by atoms with Crippen molar-refractivity contribution >= 4 is 0 Å². The Morgan fingerprint density at radius 3 is 2.65 bits per heavy atom. The van der Waals surface area contributed by atoms with E-state index in [4.69, 9.17) is 9.84 Å². The van der Waals surface area contributed by atoms with E-state index in [9.17, 15) is 0 Å². The molecule has 0 aliphatic carbocycles. The van der Waals surface area contributed by atoms with Gasteiger partial charge in [-0.3, -0.25) is 0 Å². The standard InChI is InChI=1S/C16H23N3O/c1-5-15-14(11-17-3)16(6-2)19(18-15)12-8-7-9-13(10-12)20-4/h7-10,17H,5-6,11H2,1-4H3. The molecule has 4 nitrogen and oxygen atoms in total. The molecule has 0 aliphatic rings. The molecule has 4 heteroatoms. The van der Waals surface area contributed by atoms with Crippen molar-refractivity contribution in [1.29, 1.82) is 0 Å². The van der Waals surface area contributed by atoms with Gasteiger partial charge in [-0.25, -0.2) is 4.68 Å². The Bertz CT molecular complexity index is 575. The summed E-state index contributed by atoms with van der Waals surface area (Å²) in [5, 5.41) is 8.03. The Morgan fingerprint density at radius 1 is 1.25 bits per heavy atom. The van der Waals surface area contributed by atoms with Crippen LogP contribution in [0.3, 0.4) is 0 Å². The molecule has 2 rings (SSSR count). The molecule has 0 atom stereocenters. The van der Waals surface area contributed by atoms with Crippen LogP contribution in [0, 0.1) is 0 Å². The minimum atomic E-state index is 0.855. The van der Waals surface area contributed by atoms with E-state index in [1.165, 1.54) is 17.0 Å². The lowest BCUT2D eigenvalue weighted by atomic mass is 10.1. The summed E-state index contributed by atoms with van der Waals surface area (Å²) in [6.07, 6.45) is 1.90. The second-order valence-electron chi connectivity index (χ2n) is 4.72. The summed E-state index contributed by atoms with van der Waals surface area (Å²) >= 11 is 0. The predicted octanol–water partition coefficient (Wildman–Crippen LogP) is 2.73. The highest BCUT2D eigenvalue weighted by Gasteiger charge is 2.16. The zero-order chi connectivity index (χ0) is 14.5. The van der Waals surface area contributed by atoms with Crippen LogP contribution in [-0.4, -0.2) is 23.9 Å². The molecule has 1 aromatic heterocycles. The van der Waals surface area contributed by atoms with Crippen molar-refractivity contribution in [1.82, 2.24) is 15.1 Å². The highest BCUT2D eigenvalue weighted by atomic mass is 16.5. The smallest absolute Gasteiger partial charge is 0.121 e. The molecule has 0 bridgehead atoms. The molecular weight excluding hydrogens is 250 g/mol. The fourth-order valence-corrected chi connectivity index (χ4v) is 2.52. The van der Waals surface area contributed by atoms with Gasteiger partial charge >= 0.3 is 0 Å². The lowest BCUT2D eigenvalue weighted by molar-refractivity contribution is 0.414.